The molecule has 3 rings (SSSR count). The first-order valence-electron chi connectivity index (χ1n) is 7.28. The van der Waals surface area contributed by atoms with Crippen molar-refractivity contribution in [3.8, 4) is 0 Å². The molecular weight excluding hydrogens is 378 g/mol. The third kappa shape index (κ3) is 4.50. The van der Waals surface area contributed by atoms with Crippen molar-refractivity contribution in [1.82, 2.24) is 9.97 Å². The second-order valence-corrected chi connectivity index (χ2v) is 8.30. The number of hydrogen-bond acceptors (Lipinski definition) is 5. The van der Waals surface area contributed by atoms with Gasteiger partial charge in [-0.25, -0.2) is 18.4 Å². The molecule has 0 bridgehead atoms. The Balaban J connectivity index is 1.82. The van der Waals surface area contributed by atoms with E-state index in [9.17, 15) is 8.42 Å². The van der Waals surface area contributed by atoms with E-state index in [0.29, 0.717) is 15.7 Å². The summed E-state index contributed by atoms with van der Waals surface area (Å²) in [6, 6.07) is 13.4. The van der Waals surface area contributed by atoms with Crippen LogP contribution in [-0.2, 0) is 10.0 Å². The number of hydrogen-bond donors (Lipinski definition) is 1. The molecule has 0 aliphatic heterocycles. The fraction of sp³-hybridized carbons (Fsp3) is 0.0588. The summed E-state index contributed by atoms with van der Waals surface area (Å²) in [6.07, 6.45) is 3.24. The summed E-state index contributed by atoms with van der Waals surface area (Å²) in [4.78, 5) is 8.55. The van der Waals surface area contributed by atoms with Crippen LogP contribution in [0.15, 0.2) is 75.9 Å². The lowest BCUT2D eigenvalue weighted by molar-refractivity contribution is 0.601. The Labute approximate surface area is 155 Å². The lowest BCUT2D eigenvalue weighted by Gasteiger charge is -2.10. The first kappa shape index (κ1) is 17.7. The van der Waals surface area contributed by atoms with Gasteiger partial charge in [0.2, 0.25) is 0 Å². The molecular formula is C17H14ClN3O2S2. The molecule has 5 nitrogen and oxygen atoms in total. The van der Waals surface area contributed by atoms with Gasteiger partial charge in [-0.3, -0.25) is 4.72 Å². The minimum absolute atomic E-state index is 0.110. The average molecular weight is 392 g/mol. The fourth-order valence-corrected chi connectivity index (χ4v) is 4.09. The maximum atomic E-state index is 12.5. The molecule has 0 atom stereocenters. The predicted octanol–water partition coefficient (Wildman–Crippen LogP) is 4.39. The molecule has 0 radical (unpaired) electrons. The number of benzene rings is 1. The van der Waals surface area contributed by atoms with E-state index < -0.39 is 10.0 Å². The largest absolute Gasteiger partial charge is 0.279 e. The average Bonchev–Trinajstić information content (AvgIpc) is 2.58. The van der Waals surface area contributed by atoms with Gasteiger partial charge in [-0.1, -0.05) is 35.5 Å². The highest BCUT2D eigenvalue weighted by molar-refractivity contribution is 7.99. The lowest BCUT2D eigenvalue weighted by atomic mass is 10.2. The van der Waals surface area contributed by atoms with Crippen LogP contribution >= 0.6 is 23.4 Å². The summed E-state index contributed by atoms with van der Waals surface area (Å²) in [6.45, 7) is 1.82. The maximum absolute atomic E-state index is 12.5. The minimum atomic E-state index is -3.73. The monoisotopic (exact) mass is 391 g/mol. The van der Waals surface area contributed by atoms with Gasteiger partial charge in [-0.2, -0.15) is 0 Å². The van der Waals surface area contributed by atoms with E-state index in [1.807, 2.05) is 25.1 Å². The van der Waals surface area contributed by atoms with Gasteiger partial charge in [0, 0.05) is 17.4 Å². The highest BCUT2D eigenvalue weighted by Gasteiger charge is 2.16. The first-order valence-corrected chi connectivity index (χ1v) is 9.96. The summed E-state index contributed by atoms with van der Waals surface area (Å²) in [5, 5.41) is 1.82. The molecule has 1 N–H and O–H groups in total. The van der Waals surface area contributed by atoms with Crippen LogP contribution in [0.5, 0.6) is 0 Å². The molecule has 0 spiro atoms. The number of rotatable bonds is 5. The van der Waals surface area contributed by atoms with E-state index in [1.165, 1.54) is 23.9 Å². The summed E-state index contributed by atoms with van der Waals surface area (Å²) in [5.41, 5.74) is 1.24. The molecule has 0 saturated carbocycles. The van der Waals surface area contributed by atoms with Gasteiger partial charge < -0.3 is 0 Å². The first-order chi connectivity index (χ1) is 11.9. The fourth-order valence-electron chi connectivity index (χ4n) is 2.00. The van der Waals surface area contributed by atoms with Crippen LogP contribution in [0.4, 0.5) is 5.69 Å². The topological polar surface area (TPSA) is 72.0 Å². The summed E-state index contributed by atoms with van der Waals surface area (Å²) in [5.74, 6) is 0. The number of anilines is 1. The molecule has 3 aromatic rings. The third-order valence-corrected chi connectivity index (χ3v) is 5.96. The normalized spacial score (nSPS) is 11.3. The number of sulfonamides is 1. The van der Waals surface area contributed by atoms with Crippen molar-refractivity contribution in [2.24, 2.45) is 0 Å². The predicted molar refractivity (Wildman–Crippen MR) is 99.6 cm³/mol. The zero-order valence-corrected chi connectivity index (χ0v) is 15.6. The molecule has 128 valence electrons. The number of nitrogens with zero attached hydrogens (tertiary/aromatic N) is 2. The Hall–Kier alpha value is -2.09. The zero-order valence-electron chi connectivity index (χ0n) is 13.2. The second-order valence-electron chi connectivity index (χ2n) is 5.17. The van der Waals surface area contributed by atoms with Crippen molar-refractivity contribution in [2.45, 2.75) is 21.9 Å². The molecule has 0 unspecified atom stereocenters. The molecule has 0 fully saturated rings. The number of aryl methyl sites for hydroxylation is 1. The van der Waals surface area contributed by atoms with Crippen LogP contribution in [0.3, 0.4) is 0 Å². The third-order valence-electron chi connectivity index (χ3n) is 3.29. The Morgan fingerprint density at radius 3 is 2.52 bits per heavy atom. The molecule has 2 heterocycles. The number of pyridine rings is 2. The van der Waals surface area contributed by atoms with Gasteiger partial charge in [-0.05, 0) is 48.9 Å². The van der Waals surface area contributed by atoms with Gasteiger partial charge in [0.15, 0.2) is 0 Å². The van der Waals surface area contributed by atoms with E-state index in [-0.39, 0.29) is 4.90 Å². The smallest absolute Gasteiger partial charge is 0.261 e. The van der Waals surface area contributed by atoms with Crippen LogP contribution in [0.2, 0.25) is 5.02 Å². The second kappa shape index (κ2) is 7.43. The van der Waals surface area contributed by atoms with E-state index in [1.54, 1.807) is 30.6 Å². The molecule has 8 heteroatoms. The Kier molecular flexibility index (Phi) is 5.27. The molecule has 0 aliphatic carbocycles. The molecule has 25 heavy (non-hydrogen) atoms. The van der Waals surface area contributed by atoms with Gasteiger partial charge in [0.1, 0.15) is 10.1 Å². The lowest BCUT2D eigenvalue weighted by Crippen LogP contribution is -2.13. The van der Waals surface area contributed by atoms with Gasteiger partial charge in [0.25, 0.3) is 10.0 Å². The minimum Gasteiger partial charge on any atom is -0.279 e. The summed E-state index contributed by atoms with van der Waals surface area (Å²) in [7, 11) is -3.73. The van der Waals surface area contributed by atoms with Gasteiger partial charge >= 0.3 is 0 Å². The van der Waals surface area contributed by atoms with Crippen molar-refractivity contribution in [3.63, 3.8) is 0 Å². The van der Waals surface area contributed by atoms with Crippen LogP contribution in [-0.4, -0.2) is 18.4 Å². The zero-order chi connectivity index (χ0) is 17.9. The Morgan fingerprint density at radius 1 is 1.00 bits per heavy atom. The van der Waals surface area contributed by atoms with Crippen LogP contribution in [0, 0.1) is 6.92 Å². The highest BCUT2D eigenvalue weighted by atomic mass is 35.5. The van der Waals surface area contributed by atoms with Crippen molar-refractivity contribution in [2.75, 3.05) is 4.72 Å². The standard InChI is InChI=1S/C17H14ClN3O2S2/c1-12-5-6-14(11-15(12)18)25(22,23)21-13-7-9-20-17(10-13)24-16-4-2-3-8-19-16/h2-11H,1H3,(H,20,21). The van der Waals surface area contributed by atoms with Crippen molar-refractivity contribution in [1.29, 1.82) is 0 Å². The van der Waals surface area contributed by atoms with Crippen molar-refractivity contribution >= 4 is 39.1 Å². The molecule has 0 aliphatic rings. The van der Waals surface area contributed by atoms with Crippen LogP contribution in [0.25, 0.3) is 0 Å². The molecule has 0 saturated heterocycles. The number of nitrogens with one attached hydrogen (secondary N) is 1. The Bertz CT molecular complexity index is 996. The molecule has 0 amide bonds. The maximum Gasteiger partial charge on any atom is 0.261 e. The number of aromatic nitrogens is 2. The van der Waals surface area contributed by atoms with Crippen molar-refractivity contribution in [3.05, 3.63) is 71.5 Å². The van der Waals surface area contributed by atoms with E-state index in [0.717, 1.165) is 10.6 Å². The SMILES string of the molecule is Cc1ccc(S(=O)(=O)Nc2ccnc(Sc3ccccn3)c2)cc1Cl. The molecule has 2 aromatic heterocycles. The van der Waals surface area contributed by atoms with Crippen LogP contribution in [0.1, 0.15) is 5.56 Å². The highest BCUT2D eigenvalue weighted by Crippen LogP contribution is 2.27. The van der Waals surface area contributed by atoms with Gasteiger partial charge in [0.05, 0.1) is 10.6 Å². The van der Waals surface area contributed by atoms with Crippen molar-refractivity contribution < 1.29 is 8.42 Å². The number of halogens is 1. The quantitative estimate of drug-likeness (QED) is 0.698. The summed E-state index contributed by atoms with van der Waals surface area (Å²) < 4.78 is 27.6. The Morgan fingerprint density at radius 2 is 1.80 bits per heavy atom. The van der Waals surface area contributed by atoms with E-state index >= 15 is 0 Å². The van der Waals surface area contributed by atoms with Gasteiger partial charge in [-0.15, -0.1) is 0 Å². The molecule has 1 aromatic carbocycles. The van der Waals surface area contributed by atoms with E-state index in [2.05, 4.69) is 14.7 Å². The summed E-state index contributed by atoms with van der Waals surface area (Å²) >= 11 is 7.38. The van der Waals surface area contributed by atoms with E-state index in [4.69, 9.17) is 11.6 Å². The van der Waals surface area contributed by atoms with Crippen LogP contribution < -0.4 is 4.72 Å².